The molecule has 4 N–H and O–H groups in total. The zero-order valence-corrected chi connectivity index (χ0v) is 10.1. The van der Waals surface area contributed by atoms with Crippen LogP contribution in [0.15, 0.2) is 18.2 Å². The fourth-order valence-electron chi connectivity index (χ4n) is 1.48. The Balaban J connectivity index is 3.23. The third-order valence-corrected chi connectivity index (χ3v) is 2.51. The van der Waals surface area contributed by atoms with Gasteiger partial charge in [-0.25, -0.2) is 0 Å². The van der Waals surface area contributed by atoms with E-state index in [2.05, 4.69) is 5.32 Å². The lowest BCUT2D eigenvalue weighted by atomic mass is 10.0. The zero-order chi connectivity index (χ0) is 13.9. The van der Waals surface area contributed by atoms with E-state index in [-0.39, 0.29) is 23.4 Å². The first kappa shape index (κ1) is 14.4. The molecule has 0 saturated heterocycles. The van der Waals surface area contributed by atoms with Gasteiger partial charge in [0, 0.05) is 18.1 Å². The molecule has 0 aliphatic heterocycles. The molecule has 100 valence electrons. The second-order valence-corrected chi connectivity index (χ2v) is 3.98. The van der Waals surface area contributed by atoms with Gasteiger partial charge in [-0.1, -0.05) is 13.0 Å². The Kier molecular flexibility index (Phi) is 4.23. The van der Waals surface area contributed by atoms with Gasteiger partial charge in [-0.2, -0.15) is 0 Å². The normalized spacial score (nSPS) is 13.2. The number of nitro groups is 1. The lowest BCUT2D eigenvalue weighted by Crippen LogP contribution is -2.24. The van der Waals surface area contributed by atoms with Crippen LogP contribution < -0.4 is 5.32 Å². The van der Waals surface area contributed by atoms with E-state index in [1.165, 1.54) is 19.1 Å². The third-order valence-electron chi connectivity index (χ3n) is 2.51. The molecule has 7 heteroatoms. The summed E-state index contributed by atoms with van der Waals surface area (Å²) in [4.78, 5) is 10.2. The van der Waals surface area contributed by atoms with Gasteiger partial charge in [0.15, 0.2) is 5.79 Å². The number of nitrogens with one attached hydrogen (secondary N) is 1. The molecule has 0 bridgehead atoms. The first-order chi connectivity index (χ1) is 8.27. The molecule has 7 nitrogen and oxygen atoms in total. The molecule has 0 aliphatic carbocycles. The highest BCUT2D eigenvalue weighted by Crippen LogP contribution is 2.31. The molecule has 0 aliphatic rings. The van der Waals surface area contributed by atoms with E-state index in [0.717, 1.165) is 6.07 Å². The lowest BCUT2D eigenvalue weighted by molar-refractivity contribution is -0.384. The van der Waals surface area contributed by atoms with Gasteiger partial charge in [0.05, 0.1) is 4.92 Å². The number of hydrogen-bond acceptors (Lipinski definition) is 6. The number of rotatable bonds is 5. The van der Waals surface area contributed by atoms with Crippen LogP contribution >= 0.6 is 0 Å². The van der Waals surface area contributed by atoms with Gasteiger partial charge in [-0.05, 0) is 13.0 Å². The molecule has 0 saturated carbocycles. The molecular weight excluding hydrogens is 240 g/mol. The summed E-state index contributed by atoms with van der Waals surface area (Å²) >= 11 is 0. The molecule has 1 rings (SSSR count). The number of hydrogen-bond donors (Lipinski definition) is 4. The average molecular weight is 256 g/mol. The van der Waals surface area contributed by atoms with Crippen LogP contribution in [0, 0.1) is 10.1 Å². The van der Waals surface area contributed by atoms with Crippen LogP contribution in [0.3, 0.4) is 0 Å². The van der Waals surface area contributed by atoms with Crippen molar-refractivity contribution < 1.29 is 20.2 Å². The van der Waals surface area contributed by atoms with Gasteiger partial charge in [0.2, 0.25) is 0 Å². The van der Waals surface area contributed by atoms with Crippen molar-refractivity contribution in [2.45, 2.75) is 32.3 Å². The number of benzene rings is 1. The number of aliphatic hydroxyl groups excluding tert-OH is 1. The van der Waals surface area contributed by atoms with Crippen LogP contribution in [-0.4, -0.2) is 26.5 Å². The summed E-state index contributed by atoms with van der Waals surface area (Å²) in [7, 11) is 0. The van der Waals surface area contributed by atoms with Crippen molar-refractivity contribution in [1.82, 2.24) is 0 Å². The van der Waals surface area contributed by atoms with Crippen molar-refractivity contribution in [3.63, 3.8) is 0 Å². The van der Waals surface area contributed by atoms with Crippen molar-refractivity contribution in [2.24, 2.45) is 0 Å². The van der Waals surface area contributed by atoms with E-state index in [9.17, 15) is 20.3 Å². The largest absolute Gasteiger partial charge is 0.374 e. The predicted molar refractivity (Wildman–Crippen MR) is 64.8 cm³/mol. The number of anilines is 1. The Morgan fingerprint density at radius 1 is 1.50 bits per heavy atom. The smallest absolute Gasteiger partial charge is 0.292 e. The van der Waals surface area contributed by atoms with Crippen LogP contribution in [0.1, 0.15) is 25.8 Å². The average Bonchev–Trinajstić information content (AvgIpc) is 2.28. The molecule has 18 heavy (non-hydrogen) atoms. The van der Waals surface area contributed by atoms with Crippen LogP contribution in [0.5, 0.6) is 0 Å². The Bertz CT molecular complexity index is 445. The van der Waals surface area contributed by atoms with Crippen LogP contribution in [0.4, 0.5) is 11.4 Å². The Labute approximate surface area is 104 Å². The van der Waals surface area contributed by atoms with E-state index in [1.807, 2.05) is 0 Å². The highest BCUT2D eigenvalue weighted by molar-refractivity contribution is 5.63. The van der Waals surface area contributed by atoms with E-state index in [0.29, 0.717) is 0 Å². The molecule has 1 aromatic carbocycles. The first-order valence-corrected chi connectivity index (χ1v) is 5.46. The van der Waals surface area contributed by atoms with Crippen molar-refractivity contribution in [2.75, 3.05) is 5.32 Å². The summed E-state index contributed by atoms with van der Waals surface area (Å²) in [6, 6.07) is 3.77. The summed E-state index contributed by atoms with van der Waals surface area (Å²) in [6.07, 6.45) is -0.943. The van der Waals surface area contributed by atoms with Gasteiger partial charge >= 0.3 is 0 Å². The molecular formula is C11H16N2O5. The standard InChI is InChI=1S/C11H16N2O5/c1-3-11(15,16)8-4-5-9(12-7(2)14)10(6-8)13(17)18/h4-7,12,14-16H,3H2,1-2H3. The third kappa shape index (κ3) is 3.16. The maximum Gasteiger partial charge on any atom is 0.292 e. The second-order valence-electron chi connectivity index (χ2n) is 3.98. The molecule has 0 spiro atoms. The monoisotopic (exact) mass is 256 g/mol. The Hall–Kier alpha value is -1.70. The summed E-state index contributed by atoms with van der Waals surface area (Å²) in [5.74, 6) is -2.10. The maximum absolute atomic E-state index is 10.9. The molecule has 1 atom stereocenters. The fraction of sp³-hybridized carbons (Fsp3) is 0.455. The number of nitrogens with zero attached hydrogens (tertiary/aromatic N) is 1. The fourth-order valence-corrected chi connectivity index (χ4v) is 1.48. The molecule has 0 amide bonds. The minimum atomic E-state index is -2.10. The van der Waals surface area contributed by atoms with Crippen molar-refractivity contribution in [3.8, 4) is 0 Å². The quantitative estimate of drug-likeness (QED) is 0.353. The zero-order valence-electron chi connectivity index (χ0n) is 10.1. The number of nitro benzene ring substituents is 1. The number of aliphatic hydroxyl groups is 3. The Morgan fingerprint density at radius 3 is 2.56 bits per heavy atom. The molecule has 0 radical (unpaired) electrons. The summed E-state index contributed by atoms with van der Waals surface area (Å²) in [6.45, 7) is 2.97. The predicted octanol–water partition coefficient (Wildman–Crippen LogP) is 0.892. The van der Waals surface area contributed by atoms with E-state index in [1.54, 1.807) is 6.92 Å². The van der Waals surface area contributed by atoms with Crippen LogP contribution in [0.25, 0.3) is 0 Å². The van der Waals surface area contributed by atoms with Gasteiger partial charge in [-0.15, -0.1) is 0 Å². The van der Waals surface area contributed by atoms with Gasteiger partial charge in [0.1, 0.15) is 11.9 Å². The summed E-state index contributed by atoms with van der Waals surface area (Å²) < 4.78 is 0. The summed E-state index contributed by atoms with van der Waals surface area (Å²) in [5.41, 5.74) is -0.173. The highest BCUT2D eigenvalue weighted by atomic mass is 16.6. The summed E-state index contributed by atoms with van der Waals surface area (Å²) in [5, 5.41) is 41.8. The van der Waals surface area contributed by atoms with Crippen LogP contribution in [-0.2, 0) is 5.79 Å². The van der Waals surface area contributed by atoms with Crippen LogP contribution in [0.2, 0.25) is 0 Å². The molecule has 0 heterocycles. The topological polar surface area (TPSA) is 116 Å². The molecule has 1 aromatic rings. The minimum Gasteiger partial charge on any atom is -0.374 e. The molecule has 0 aromatic heterocycles. The van der Waals surface area contributed by atoms with E-state index in [4.69, 9.17) is 5.11 Å². The van der Waals surface area contributed by atoms with Crippen molar-refractivity contribution in [1.29, 1.82) is 0 Å². The van der Waals surface area contributed by atoms with E-state index < -0.39 is 16.9 Å². The van der Waals surface area contributed by atoms with Crippen molar-refractivity contribution >= 4 is 11.4 Å². The lowest BCUT2D eigenvalue weighted by Gasteiger charge is -2.20. The van der Waals surface area contributed by atoms with Gasteiger partial charge in [-0.3, -0.25) is 10.1 Å². The Morgan fingerprint density at radius 2 is 2.11 bits per heavy atom. The maximum atomic E-state index is 10.9. The van der Waals surface area contributed by atoms with E-state index >= 15 is 0 Å². The first-order valence-electron chi connectivity index (χ1n) is 5.46. The molecule has 0 fully saturated rings. The van der Waals surface area contributed by atoms with Gasteiger partial charge in [0.25, 0.3) is 5.69 Å². The highest BCUT2D eigenvalue weighted by Gasteiger charge is 2.27. The van der Waals surface area contributed by atoms with Crippen molar-refractivity contribution in [3.05, 3.63) is 33.9 Å². The second kappa shape index (κ2) is 5.30. The minimum absolute atomic E-state index is 0.00727. The SMILES string of the molecule is CCC(O)(O)c1ccc(NC(C)O)c([N+](=O)[O-])c1. The van der Waals surface area contributed by atoms with Gasteiger partial charge < -0.3 is 20.6 Å². The molecule has 1 unspecified atom stereocenters.